The standard InChI is InChI=1S/C18H17N3O/c22-18(19-12-11-15-6-2-1-3-7-15)10-9-16-14-20-17-8-4-5-13-21(16)17/h1-10,13-14H,11-12H2,(H,19,22)/b10-9+. The molecule has 3 rings (SSSR count). The van der Waals surface area contributed by atoms with Crippen LogP contribution in [0.4, 0.5) is 0 Å². The molecule has 0 bridgehead atoms. The molecule has 1 N–H and O–H groups in total. The Labute approximate surface area is 129 Å². The number of hydrogen-bond acceptors (Lipinski definition) is 2. The second kappa shape index (κ2) is 6.72. The first kappa shape index (κ1) is 14.1. The molecule has 0 aliphatic heterocycles. The Hall–Kier alpha value is -2.88. The average molecular weight is 291 g/mol. The number of carbonyl (C=O) groups is 1. The summed E-state index contributed by atoms with van der Waals surface area (Å²) in [6, 6.07) is 15.9. The Balaban J connectivity index is 1.55. The highest BCUT2D eigenvalue weighted by molar-refractivity contribution is 5.91. The van der Waals surface area contributed by atoms with Gasteiger partial charge in [-0.05, 0) is 30.2 Å². The molecule has 0 fully saturated rings. The van der Waals surface area contributed by atoms with E-state index in [0.717, 1.165) is 17.8 Å². The van der Waals surface area contributed by atoms with E-state index in [-0.39, 0.29) is 5.91 Å². The summed E-state index contributed by atoms with van der Waals surface area (Å²) in [5.41, 5.74) is 2.97. The lowest BCUT2D eigenvalue weighted by Gasteiger charge is -2.02. The van der Waals surface area contributed by atoms with Gasteiger partial charge in [-0.2, -0.15) is 0 Å². The fraction of sp³-hybridized carbons (Fsp3) is 0.111. The number of carbonyl (C=O) groups excluding carboxylic acids is 1. The number of nitrogens with zero attached hydrogens (tertiary/aromatic N) is 2. The van der Waals surface area contributed by atoms with Gasteiger partial charge in [0.15, 0.2) is 0 Å². The number of pyridine rings is 1. The summed E-state index contributed by atoms with van der Waals surface area (Å²) in [6.45, 7) is 0.625. The summed E-state index contributed by atoms with van der Waals surface area (Å²) < 4.78 is 1.94. The van der Waals surface area contributed by atoms with Crippen molar-refractivity contribution in [1.82, 2.24) is 14.7 Å². The Morgan fingerprint density at radius 1 is 1.14 bits per heavy atom. The lowest BCUT2D eigenvalue weighted by atomic mass is 10.1. The van der Waals surface area contributed by atoms with Crippen LogP contribution in [0.15, 0.2) is 67.0 Å². The zero-order valence-electron chi connectivity index (χ0n) is 12.1. The quantitative estimate of drug-likeness (QED) is 0.735. The maximum Gasteiger partial charge on any atom is 0.244 e. The maximum absolute atomic E-state index is 11.8. The van der Waals surface area contributed by atoms with Crippen molar-refractivity contribution >= 4 is 17.6 Å². The van der Waals surface area contributed by atoms with E-state index in [9.17, 15) is 4.79 Å². The van der Waals surface area contributed by atoms with Gasteiger partial charge in [0, 0.05) is 18.8 Å². The summed E-state index contributed by atoms with van der Waals surface area (Å²) in [5, 5.41) is 2.89. The van der Waals surface area contributed by atoms with Crippen molar-refractivity contribution in [3.05, 3.63) is 78.3 Å². The van der Waals surface area contributed by atoms with Crippen molar-refractivity contribution in [2.24, 2.45) is 0 Å². The predicted octanol–water partition coefficient (Wildman–Crippen LogP) is 2.71. The lowest BCUT2D eigenvalue weighted by molar-refractivity contribution is -0.116. The summed E-state index contributed by atoms with van der Waals surface area (Å²) in [4.78, 5) is 16.1. The van der Waals surface area contributed by atoms with E-state index in [1.807, 2.05) is 47.0 Å². The van der Waals surface area contributed by atoms with E-state index in [1.54, 1.807) is 18.3 Å². The van der Waals surface area contributed by atoms with Crippen LogP contribution < -0.4 is 5.32 Å². The van der Waals surface area contributed by atoms with E-state index in [2.05, 4.69) is 22.4 Å². The number of imidazole rings is 1. The SMILES string of the molecule is O=C(/C=C/c1cnc2ccccn12)NCCc1ccccc1. The smallest absolute Gasteiger partial charge is 0.244 e. The fourth-order valence-electron chi connectivity index (χ4n) is 2.27. The van der Waals surface area contributed by atoms with Crippen molar-refractivity contribution < 1.29 is 4.79 Å². The molecule has 0 spiro atoms. The van der Waals surface area contributed by atoms with Gasteiger partial charge in [-0.1, -0.05) is 36.4 Å². The van der Waals surface area contributed by atoms with E-state index in [1.165, 1.54) is 5.56 Å². The van der Waals surface area contributed by atoms with Crippen molar-refractivity contribution in [1.29, 1.82) is 0 Å². The van der Waals surface area contributed by atoms with Crippen molar-refractivity contribution in [2.45, 2.75) is 6.42 Å². The van der Waals surface area contributed by atoms with Crippen LogP contribution >= 0.6 is 0 Å². The van der Waals surface area contributed by atoms with E-state index < -0.39 is 0 Å². The van der Waals surface area contributed by atoms with Crippen LogP contribution in [-0.2, 0) is 11.2 Å². The van der Waals surface area contributed by atoms with Crippen LogP contribution in [0.3, 0.4) is 0 Å². The number of rotatable bonds is 5. The Morgan fingerprint density at radius 3 is 2.82 bits per heavy atom. The first-order valence-corrected chi connectivity index (χ1v) is 7.25. The Morgan fingerprint density at radius 2 is 1.95 bits per heavy atom. The predicted molar refractivity (Wildman–Crippen MR) is 87.4 cm³/mol. The number of aromatic nitrogens is 2. The van der Waals surface area contributed by atoms with Crippen molar-refractivity contribution in [2.75, 3.05) is 6.54 Å². The van der Waals surface area contributed by atoms with Crippen LogP contribution in [0, 0.1) is 0 Å². The fourth-order valence-corrected chi connectivity index (χ4v) is 2.27. The number of nitrogens with one attached hydrogen (secondary N) is 1. The van der Waals surface area contributed by atoms with Crippen molar-refractivity contribution in [3.8, 4) is 0 Å². The molecule has 1 amide bonds. The van der Waals surface area contributed by atoms with Gasteiger partial charge >= 0.3 is 0 Å². The third kappa shape index (κ3) is 3.41. The molecule has 2 aromatic heterocycles. The summed E-state index contributed by atoms with van der Waals surface area (Å²) >= 11 is 0. The molecule has 110 valence electrons. The Kier molecular flexibility index (Phi) is 4.30. The van der Waals surface area contributed by atoms with Crippen molar-refractivity contribution in [3.63, 3.8) is 0 Å². The third-order valence-corrected chi connectivity index (χ3v) is 3.41. The summed E-state index contributed by atoms with van der Waals surface area (Å²) in [7, 11) is 0. The van der Waals surface area contributed by atoms with E-state index >= 15 is 0 Å². The first-order valence-electron chi connectivity index (χ1n) is 7.25. The van der Waals surface area contributed by atoms with Gasteiger partial charge < -0.3 is 9.72 Å². The largest absolute Gasteiger partial charge is 0.352 e. The molecule has 4 nitrogen and oxygen atoms in total. The minimum absolute atomic E-state index is 0.0955. The van der Waals surface area contributed by atoms with Crippen LogP contribution in [0.1, 0.15) is 11.3 Å². The molecule has 1 aromatic carbocycles. The summed E-state index contributed by atoms with van der Waals surface area (Å²) in [6.07, 6.45) is 7.83. The molecule has 0 aliphatic carbocycles. The molecule has 2 heterocycles. The van der Waals surface area contributed by atoms with Gasteiger partial charge in [0.25, 0.3) is 0 Å². The second-order valence-corrected chi connectivity index (χ2v) is 4.97. The zero-order chi connectivity index (χ0) is 15.2. The number of fused-ring (bicyclic) bond motifs is 1. The molecule has 0 aliphatic rings. The van der Waals surface area contributed by atoms with Gasteiger partial charge in [0.1, 0.15) is 5.65 Å². The van der Waals surface area contributed by atoms with Crippen LogP contribution in [0.2, 0.25) is 0 Å². The molecule has 0 unspecified atom stereocenters. The molecule has 0 radical (unpaired) electrons. The monoisotopic (exact) mass is 291 g/mol. The first-order chi connectivity index (χ1) is 10.8. The topological polar surface area (TPSA) is 46.4 Å². The summed E-state index contributed by atoms with van der Waals surface area (Å²) in [5.74, 6) is -0.0955. The average Bonchev–Trinajstić information content (AvgIpc) is 2.97. The molecule has 0 atom stereocenters. The van der Waals surface area contributed by atoms with Crippen LogP contribution in [0.25, 0.3) is 11.7 Å². The van der Waals surface area contributed by atoms with Crippen LogP contribution in [-0.4, -0.2) is 21.8 Å². The molecule has 3 aromatic rings. The maximum atomic E-state index is 11.8. The zero-order valence-corrected chi connectivity index (χ0v) is 12.1. The van der Waals surface area contributed by atoms with Gasteiger partial charge in [0.2, 0.25) is 5.91 Å². The van der Waals surface area contributed by atoms with Gasteiger partial charge in [-0.15, -0.1) is 0 Å². The van der Waals surface area contributed by atoms with E-state index in [0.29, 0.717) is 6.54 Å². The molecular weight excluding hydrogens is 274 g/mol. The minimum Gasteiger partial charge on any atom is -0.352 e. The molecular formula is C18H17N3O. The van der Waals surface area contributed by atoms with Gasteiger partial charge in [-0.3, -0.25) is 4.79 Å². The highest BCUT2D eigenvalue weighted by Crippen LogP contribution is 2.07. The lowest BCUT2D eigenvalue weighted by Crippen LogP contribution is -2.23. The molecule has 4 heteroatoms. The third-order valence-electron chi connectivity index (χ3n) is 3.41. The van der Waals surface area contributed by atoms with Gasteiger partial charge in [0.05, 0.1) is 11.9 Å². The molecule has 22 heavy (non-hydrogen) atoms. The normalized spacial score (nSPS) is 11.1. The van der Waals surface area contributed by atoms with E-state index in [4.69, 9.17) is 0 Å². The number of benzene rings is 1. The van der Waals surface area contributed by atoms with Crippen LogP contribution in [0.5, 0.6) is 0 Å². The molecule has 0 saturated heterocycles. The highest BCUT2D eigenvalue weighted by Gasteiger charge is 2.00. The van der Waals surface area contributed by atoms with Gasteiger partial charge in [-0.25, -0.2) is 4.98 Å². The highest BCUT2D eigenvalue weighted by atomic mass is 16.1. The Bertz CT molecular complexity index is 790. The minimum atomic E-state index is -0.0955. The number of amides is 1. The molecule has 0 saturated carbocycles. The number of hydrogen-bond donors (Lipinski definition) is 1. The second-order valence-electron chi connectivity index (χ2n) is 4.97.